The molecule has 0 heterocycles. The van der Waals surface area contributed by atoms with Crippen molar-refractivity contribution >= 4 is 34.9 Å². The van der Waals surface area contributed by atoms with E-state index in [1.807, 2.05) is 6.07 Å². The third-order valence-electron chi connectivity index (χ3n) is 3.76. The number of rotatable bonds is 7. The van der Waals surface area contributed by atoms with Crippen LogP contribution in [0.5, 0.6) is 5.75 Å². The Morgan fingerprint density at radius 3 is 2.57 bits per heavy atom. The predicted octanol–water partition coefficient (Wildman–Crippen LogP) is 3.15. The lowest BCUT2D eigenvalue weighted by Crippen LogP contribution is -2.22. The largest absolute Gasteiger partial charge is 0.496 e. The number of halogens is 1. The summed E-state index contributed by atoms with van der Waals surface area (Å²) in [6, 6.07) is 11.1. The number of Topliss-reactive ketones (excluding diaryl/α,β-unsaturated/α-hetero) is 1. The van der Waals surface area contributed by atoms with Crippen LogP contribution in [-0.4, -0.2) is 31.4 Å². The molecule has 0 fully saturated rings. The summed E-state index contributed by atoms with van der Waals surface area (Å²) in [5, 5.41) is 11.9. The number of amides is 1. The van der Waals surface area contributed by atoms with Crippen molar-refractivity contribution in [3.63, 3.8) is 0 Å². The molecule has 0 atom stereocenters. The Morgan fingerprint density at radius 1 is 1.18 bits per heavy atom. The Bertz CT molecular complexity index is 966. The Morgan fingerprint density at radius 2 is 1.93 bits per heavy atom. The highest BCUT2D eigenvalue weighted by Gasteiger charge is 2.15. The Balaban J connectivity index is 1.98. The minimum absolute atomic E-state index is 0.147. The van der Waals surface area contributed by atoms with Crippen molar-refractivity contribution in [3.05, 3.63) is 58.1 Å². The van der Waals surface area contributed by atoms with Crippen molar-refractivity contribution in [1.29, 1.82) is 5.26 Å². The lowest BCUT2D eigenvalue weighted by Gasteiger charge is -2.11. The van der Waals surface area contributed by atoms with Crippen LogP contribution >= 0.6 is 11.6 Å². The smallest absolute Gasteiger partial charge is 0.310 e. The average molecular weight is 401 g/mol. The van der Waals surface area contributed by atoms with Gasteiger partial charge in [-0.05, 0) is 43.3 Å². The number of carbonyl (C=O) groups is 3. The van der Waals surface area contributed by atoms with Gasteiger partial charge in [-0.3, -0.25) is 14.4 Å². The van der Waals surface area contributed by atoms with Crippen LogP contribution in [-0.2, 0) is 20.7 Å². The zero-order valence-electron chi connectivity index (χ0n) is 15.2. The Kier molecular flexibility index (Phi) is 7.13. The molecule has 0 aliphatic rings. The van der Waals surface area contributed by atoms with Gasteiger partial charge >= 0.3 is 5.97 Å². The molecule has 0 spiro atoms. The van der Waals surface area contributed by atoms with Gasteiger partial charge in [-0.1, -0.05) is 11.6 Å². The van der Waals surface area contributed by atoms with Crippen molar-refractivity contribution in [1.82, 2.24) is 0 Å². The fourth-order valence-corrected chi connectivity index (χ4v) is 2.56. The van der Waals surface area contributed by atoms with Crippen LogP contribution in [0.2, 0.25) is 5.02 Å². The lowest BCUT2D eigenvalue weighted by molar-refractivity contribution is -0.146. The minimum Gasteiger partial charge on any atom is -0.496 e. The van der Waals surface area contributed by atoms with Gasteiger partial charge in [0.15, 0.2) is 12.4 Å². The maximum Gasteiger partial charge on any atom is 0.310 e. The zero-order chi connectivity index (χ0) is 20.7. The van der Waals surface area contributed by atoms with Gasteiger partial charge in [0.1, 0.15) is 11.8 Å². The van der Waals surface area contributed by atoms with Crippen molar-refractivity contribution in [2.75, 3.05) is 19.0 Å². The fourth-order valence-electron chi connectivity index (χ4n) is 2.39. The van der Waals surface area contributed by atoms with Gasteiger partial charge in [-0.15, -0.1) is 0 Å². The van der Waals surface area contributed by atoms with E-state index in [0.717, 1.165) is 0 Å². The summed E-state index contributed by atoms with van der Waals surface area (Å²) in [7, 11) is 1.45. The highest BCUT2D eigenvalue weighted by molar-refractivity contribution is 6.31. The van der Waals surface area contributed by atoms with Crippen LogP contribution in [0, 0.1) is 11.3 Å². The van der Waals surface area contributed by atoms with E-state index in [1.54, 1.807) is 18.2 Å². The number of benzene rings is 2. The van der Waals surface area contributed by atoms with Gasteiger partial charge in [0.2, 0.25) is 0 Å². The predicted molar refractivity (Wildman–Crippen MR) is 102 cm³/mol. The van der Waals surface area contributed by atoms with Crippen molar-refractivity contribution in [2.45, 2.75) is 13.3 Å². The third kappa shape index (κ3) is 5.56. The number of nitrogens with zero attached hydrogens (tertiary/aromatic N) is 1. The van der Waals surface area contributed by atoms with Crippen molar-refractivity contribution < 1.29 is 23.9 Å². The normalized spacial score (nSPS) is 9.93. The van der Waals surface area contributed by atoms with Gasteiger partial charge in [0, 0.05) is 16.1 Å². The van der Waals surface area contributed by atoms with E-state index in [2.05, 4.69) is 5.32 Å². The number of esters is 1. The first-order chi connectivity index (χ1) is 13.3. The van der Waals surface area contributed by atoms with E-state index >= 15 is 0 Å². The molecular formula is C20H17ClN2O5. The van der Waals surface area contributed by atoms with E-state index < -0.39 is 18.5 Å². The number of ketones is 1. The van der Waals surface area contributed by atoms with Gasteiger partial charge in [0.25, 0.3) is 5.91 Å². The molecule has 0 aliphatic heterocycles. The first-order valence-electron chi connectivity index (χ1n) is 8.17. The summed E-state index contributed by atoms with van der Waals surface area (Å²) >= 11 is 5.86. The van der Waals surface area contributed by atoms with Gasteiger partial charge in [-0.25, -0.2) is 0 Å². The molecule has 0 radical (unpaired) electrons. The molecule has 2 aromatic carbocycles. The Labute approximate surface area is 166 Å². The van der Waals surface area contributed by atoms with Gasteiger partial charge < -0.3 is 14.8 Å². The number of anilines is 1. The van der Waals surface area contributed by atoms with E-state index in [1.165, 1.54) is 32.2 Å². The van der Waals surface area contributed by atoms with E-state index in [0.29, 0.717) is 21.9 Å². The molecule has 8 heteroatoms. The molecule has 2 aromatic rings. The molecule has 0 saturated heterocycles. The molecule has 1 N–H and O–H groups in total. The fraction of sp³-hybridized carbons (Fsp3) is 0.200. The second-order valence-electron chi connectivity index (χ2n) is 5.77. The monoisotopic (exact) mass is 400 g/mol. The van der Waals surface area contributed by atoms with E-state index in [4.69, 9.17) is 26.3 Å². The van der Waals surface area contributed by atoms with Crippen LogP contribution in [0.15, 0.2) is 36.4 Å². The quantitative estimate of drug-likeness (QED) is 0.565. The third-order valence-corrected chi connectivity index (χ3v) is 4.00. The number of ether oxygens (including phenoxy) is 2. The van der Waals surface area contributed by atoms with Gasteiger partial charge in [0.05, 0.1) is 24.8 Å². The second-order valence-corrected chi connectivity index (χ2v) is 6.21. The van der Waals surface area contributed by atoms with E-state index in [-0.39, 0.29) is 23.5 Å². The molecule has 0 aliphatic carbocycles. The van der Waals surface area contributed by atoms with Crippen LogP contribution in [0.3, 0.4) is 0 Å². The highest BCUT2D eigenvalue weighted by Crippen LogP contribution is 2.22. The molecule has 2 rings (SSSR count). The first-order valence-corrected chi connectivity index (χ1v) is 8.54. The molecule has 1 amide bonds. The average Bonchev–Trinajstić information content (AvgIpc) is 2.66. The summed E-state index contributed by atoms with van der Waals surface area (Å²) in [5.74, 6) is -0.993. The molecule has 144 valence electrons. The van der Waals surface area contributed by atoms with Crippen molar-refractivity contribution in [3.8, 4) is 11.8 Å². The number of nitriles is 1. The minimum atomic E-state index is -0.666. The van der Waals surface area contributed by atoms with E-state index in [9.17, 15) is 14.4 Å². The molecule has 0 unspecified atom stereocenters. The summed E-state index contributed by atoms with van der Waals surface area (Å²) in [6.07, 6.45) is -0.168. The molecule has 28 heavy (non-hydrogen) atoms. The summed E-state index contributed by atoms with van der Waals surface area (Å²) in [4.78, 5) is 35.6. The molecule has 0 aromatic heterocycles. The molecule has 0 saturated carbocycles. The first kappa shape index (κ1) is 20.9. The van der Waals surface area contributed by atoms with Crippen LogP contribution in [0.4, 0.5) is 5.69 Å². The number of hydrogen-bond donors (Lipinski definition) is 1. The topological polar surface area (TPSA) is 105 Å². The standard InChI is InChI=1S/C20H17ClN2O5/c1-12(24)13-4-6-18(27-2)15(7-13)8-20(26)28-11-19(25)23-17-9-16(21)5-3-14(17)10-22/h3-7,9H,8,11H2,1-2H3,(H,23,25). The number of methoxy groups -OCH3 is 1. The number of hydrogen-bond acceptors (Lipinski definition) is 6. The van der Waals surface area contributed by atoms with Gasteiger partial charge in [-0.2, -0.15) is 5.26 Å². The van der Waals surface area contributed by atoms with Crippen LogP contribution in [0.1, 0.15) is 28.4 Å². The van der Waals surface area contributed by atoms with Crippen LogP contribution in [0.25, 0.3) is 0 Å². The summed E-state index contributed by atoms with van der Waals surface area (Å²) < 4.78 is 10.2. The van der Waals surface area contributed by atoms with Crippen LogP contribution < -0.4 is 10.1 Å². The Hall–Kier alpha value is -3.37. The lowest BCUT2D eigenvalue weighted by atomic mass is 10.0. The molecular weight excluding hydrogens is 384 g/mol. The number of carbonyl (C=O) groups excluding carboxylic acids is 3. The maximum absolute atomic E-state index is 12.1. The maximum atomic E-state index is 12.1. The van der Waals surface area contributed by atoms with Crippen molar-refractivity contribution in [2.24, 2.45) is 0 Å². The number of nitrogens with one attached hydrogen (secondary N) is 1. The SMILES string of the molecule is COc1ccc(C(C)=O)cc1CC(=O)OCC(=O)Nc1cc(Cl)ccc1C#N. The molecule has 7 nitrogen and oxygen atoms in total. The highest BCUT2D eigenvalue weighted by atomic mass is 35.5. The second kappa shape index (κ2) is 9.53. The summed E-state index contributed by atoms with van der Waals surface area (Å²) in [6.45, 7) is 0.879. The summed E-state index contributed by atoms with van der Waals surface area (Å²) in [5.41, 5.74) is 1.37. The molecule has 0 bridgehead atoms. The zero-order valence-corrected chi connectivity index (χ0v) is 16.0.